The van der Waals surface area contributed by atoms with Gasteiger partial charge in [-0.1, -0.05) is 61.5 Å². The topological polar surface area (TPSA) is 56.3 Å². The molecule has 6 heteroatoms. The minimum Gasteiger partial charge on any atom is -0.488 e. The molecule has 3 aromatic carbocycles. The van der Waals surface area contributed by atoms with E-state index in [1.54, 1.807) is 0 Å². The molecule has 0 fully saturated rings. The van der Waals surface area contributed by atoms with Gasteiger partial charge < -0.3 is 19.6 Å². The monoisotopic (exact) mass is 515 g/mol. The van der Waals surface area contributed by atoms with E-state index in [-0.39, 0.29) is 37.0 Å². The molecule has 6 nitrogen and oxygen atoms in total. The first-order valence-corrected chi connectivity index (χ1v) is 13.4. The van der Waals surface area contributed by atoms with Crippen LogP contribution in [0.1, 0.15) is 25.0 Å². The number of carbonyl (C=O) groups excluding carboxylic acids is 1. The number of carbonyl (C=O) groups is 1. The van der Waals surface area contributed by atoms with Crippen molar-refractivity contribution in [1.29, 1.82) is 0 Å². The average Bonchev–Trinajstić information content (AvgIpc) is 2.96. The lowest BCUT2D eigenvalue weighted by molar-refractivity contribution is -0.134. The number of hydrogen-bond donors (Lipinski definition) is 1. The lowest BCUT2D eigenvalue weighted by Gasteiger charge is -2.34. The largest absolute Gasteiger partial charge is 0.488 e. The van der Waals surface area contributed by atoms with E-state index >= 15 is 0 Å². The lowest BCUT2D eigenvalue weighted by Crippen LogP contribution is -2.47. The minimum atomic E-state index is -0.245. The number of amides is 1. The molecule has 0 saturated carbocycles. The van der Waals surface area contributed by atoms with Gasteiger partial charge in [-0.05, 0) is 48.9 Å². The second kappa shape index (κ2) is 12.5. The zero-order chi connectivity index (χ0) is 27.2. The minimum absolute atomic E-state index is 0.0201. The molecule has 0 aromatic heterocycles. The Morgan fingerprint density at radius 2 is 1.68 bits per heavy atom. The summed E-state index contributed by atoms with van der Waals surface area (Å²) in [6.07, 6.45) is 0.136. The number of aliphatic hydroxyl groups is 1. The van der Waals surface area contributed by atoms with Gasteiger partial charge in [0.25, 0.3) is 0 Å². The molecule has 0 radical (unpaired) electrons. The lowest BCUT2D eigenvalue weighted by atomic mass is 10.0. The second-order valence-corrected chi connectivity index (χ2v) is 10.8. The third-order valence-corrected chi connectivity index (χ3v) is 7.42. The summed E-state index contributed by atoms with van der Waals surface area (Å²) in [5, 5.41) is 9.86. The second-order valence-electron chi connectivity index (χ2n) is 10.8. The molecule has 3 atom stereocenters. The van der Waals surface area contributed by atoms with Crippen molar-refractivity contribution in [2.75, 3.05) is 45.7 Å². The zero-order valence-corrected chi connectivity index (χ0v) is 23.3. The summed E-state index contributed by atoms with van der Waals surface area (Å²) in [6, 6.07) is 25.0. The van der Waals surface area contributed by atoms with E-state index in [2.05, 4.69) is 67.4 Å². The summed E-state index contributed by atoms with van der Waals surface area (Å²) >= 11 is 0. The Labute approximate surface area is 227 Å². The molecule has 0 spiro atoms. The van der Waals surface area contributed by atoms with Crippen LogP contribution in [0.2, 0.25) is 0 Å². The predicted octanol–water partition coefficient (Wildman–Crippen LogP) is 4.70. The van der Waals surface area contributed by atoms with E-state index in [9.17, 15) is 9.90 Å². The molecule has 1 heterocycles. The van der Waals surface area contributed by atoms with Crippen LogP contribution in [0.3, 0.4) is 0 Å². The smallest absolute Gasteiger partial charge is 0.227 e. The van der Waals surface area contributed by atoms with E-state index in [0.29, 0.717) is 13.1 Å². The van der Waals surface area contributed by atoms with Crippen molar-refractivity contribution in [2.45, 2.75) is 39.0 Å². The highest BCUT2D eigenvalue weighted by Gasteiger charge is 2.31. The Morgan fingerprint density at radius 3 is 2.34 bits per heavy atom. The van der Waals surface area contributed by atoms with Crippen molar-refractivity contribution in [2.24, 2.45) is 5.92 Å². The van der Waals surface area contributed by atoms with Crippen LogP contribution < -0.4 is 9.64 Å². The average molecular weight is 516 g/mol. The Kier molecular flexibility index (Phi) is 9.08. The fourth-order valence-electron chi connectivity index (χ4n) is 5.03. The van der Waals surface area contributed by atoms with Gasteiger partial charge in [-0.15, -0.1) is 0 Å². The van der Waals surface area contributed by atoms with Crippen molar-refractivity contribution >= 4 is 11.6 Å². The highest BCUT2D eigenvalue weighted by molar-refractivity contribution is 5.80. The van der Waals surface area contributed by atoms with Gasteiger partial charge in [0.2, 0.25) is 5.91 Å². The highest BCUT2D eigenvalue weighted by atomic mass is 16.5. The summed E-state index contributed by atoms with van der Waals surface area (Å²) in [6.45, 7) is 6.03. The number of hydrogen-bond acceptors (Lipinski definition) is 5. The molecule has 4 rings (SSSR count). The van der Waals surface area contributed by atoms with Crippen LogP contribution in [0, 0.1) is 5.92 Å². The van der Waals surface area contributed by atoms with Crippen LogP contribution >= 0.6 is 0 Å². The summed E-state index contributed by atoms with van der Waals surface area (Å²) in [5.74, 6) is 0.863. The fourth-order valence-corrected chi connectivity index (χ4v) is 5.03. The molecule has 3 aromatic rings. The van der Waals surface area contributed by atoms with Gasteiger partial charge in [0.1, 0.15) is 11.9 Å². The van der Waals surface area contributed by atoms with Crippen LogP contribution in [0.25, 0.3) is 11.1 Å². The Bertz CT molecular complexity index is 1200. The number of aliphatic hydroxyl groups excluding tert-OH is 1. The van der Waals surface area contributed by atoms with Crippen LogP contribution in [-0.2, 0) is 17.8 Å². The highest BCUT2D eigenvalue weighted by Crippen LogP contribution is 2.30. The summed E-state index contributed by atoms with van der Waals surface area (Å²) in [5.41, 5.74) is 5.58. The van der Waals surface area contributed by atoms with E-state index < -0.39 is 0 Å². The molecule has 0 saturated heterocycles. The molecule has 0 aliphatic carbocycles. The molecule has 0 bridgehead atoms. The molecule has 1 aliphatic heterocycles. The molecule has 1 aliphatic rings. The number of likely N-dealkylation sites (N-methyl/N-ethyl adjacent to an activating group) is 1. The van der Waals surface area contributed by atoms with Crippen LogP contribution in [-0.4, -0.2) is 73.8 Å². The fraction of sp³-hybridized carbons (Fsp3) is 0.406. The number of benzene rings is 3. The van der Waals surface area contributed by atoms with Gasteiger partial charge in [0.15, 0.2) is 0 Å². The predicted molar refractivity (Wildman–Crippen MR) is 155 cm³/mol. The molecule has 0 unspecified atom stereocenters. The van der Waals surface area contributed by atoms with Gasteiger partial charge in [-0.3, -0.25) is 9.69 Å². The molecule has 1 N–H and O–H groups in total. The summed E-state index contributed by atoms with van der Waals surface area (Å²) < 4.78 is 6.66. The van der Waals surface area contributed by atoms with Gasteiger partial charge >= 0.3 is 0 Å². The Morgan fingerprint density at radius 1 is 1.00 bits per heavy atom. The number of ether oxygens (including phenoxy) is 1. The van der Waals surface area contributed by atoms with Gasteiger partial charge in [0, 0.05) is 50.9 Å². The van der Waals surface area contributed by atoms with E-state index in [1.807, 2.05) is 55.1 Å². The third kappa shape index (κ3) is 6.74. The van der Waals surface area contributed by atoms with Crippen molar-refractivity contribution < 1.29 is 14.6 Å². The van der Waals surface area contributed by atoms with Crippen LogP contribution in [0.15, 0.2) is 72.8 Å². The number of nitrogens with zero attached hydrogens (tertiary/aromatic N) is 3. The van der Waals surface area contributed by atoms with E-state index in [4.69, 9.17) is 4.74 Å². The van der Waals surface area contributed by atoms with Gasteiger partial charge in [0.05, 0.1) is 19.1 Å². The molecular weight excluding hydrogens is 474 g/mol. The molecule has 202 valence electrons. The van der Waals surface area contributed by atoms with Crippen LogP contribution in [0.4, 0.5) is 5.69 Å². The van der Waals surface area contributed by atoms with Gasteiger partial charge in [-0.2, -0.15) is 0 Å². The third-order valence-electron chi connectivity index (χ3n) is 7.42. The first kappa shape index (κ1) is 27.7. The zero-order valence-electron chi connectivity index (χ0n) is 23.3. The molecular formula is C32H41N3O3. The summed E-state index contributed by atoms with van der Waals surface area (Å²) in [4.78, 5) is 19.5. The first-order chi connectivity index (χ1) is 18.2. The summed E-state index contributed by atoms with van der Waals surface area (Å²) in [7, 11) is 6.10. The standard InChI is InChI=1S/C32H41N3O3/c1-23-19-35(24(2)22-36)32(37)18-28-17-29(33(3)4)15-16-30(28)38-31(23)21-34(5)20-25-11-13-27(14-12-25)26-9-7-6-8-10-26/h6-17,23-24,31,36H,18-22H2,1-5H3/t23-,24-,31+/m1/s1. The van der Waals surface area contributed by atoms with Crippen molar-refractivity contribution in [3.05, 3.63) is 83.9 Å². The van der Waals surface area contributed by atoms with Crippen molar-refractivity contribution in [3.63, 3.8) is 0 Å². The normalized spacial score (nSPS) is 18.7. The van der Waals surface area contributed by atoms with Crippen molar-refractivity contribution in [3.8, 4) is 16.9 Å². The van der Waals surface area contributed by atoms with E-state index in [1.165, 1.54) is 16.7 Å². The molecule has 38 heavy (non-hydrogen) atoms. The maximum Gasteiger partial charge on any atom is 0.227 e. The Hall–Kier alpha value is -3.35. The van der Waals surface area contributed by atoms with Gasteiger partial charge in [-0.25, -0.2) is 0 Å². The first-order valence-electron chi connectivity index (χ1n) is 13.4. The number of fused-ring (bicyclic) bond motifs is 1. The number of anilines is 1. The molecule has 1 amide bonds. The Balaban J connectivity index is 1.53. The number of rotatable bonds is 8. The maximum absolute atomic E-state index is 13.3. The van der Waals surface area contributed by atoms with Crippen molar-refractivity contribution in [1.82, 2.24) is 9.80 Å². The maximum atomic E-state index is 13.3. The SMILES string of the molecule is C[C@@H]1CN([C@H](C)CO)C(=O)Cc2cc(N(C)C)ccc2O[C@H]1CN(C)Cc1ccc(-c2ccccc2)cc1. The van der Waals surface area contributed by atoms with E-state index in [0.717, 1.165) is 23.5 Å². The quantitative estimate of drug-likeness (QED) is 0.471. The van der Waals surface area contributed by atoms with Crippen LogP contribution in [0.5, 0.6) is 5.75 Å².